The van der Waals surface area contributed by atoms with E-state index in [2.05, 4.69) is 4.98 Å². The molecule has 0 aliphatic heterocycles. The molecule has 0 saturated heterocycles. The van der Waals surface area contributed by atoms with Crippen molar-refractivity contribution in [2.24, 2.45) is 0 Å². The Labute approximate surface area is 118 Å². The number of hydrogen-bond donors (Lipinski definition) is 1. The van der Waals surface area contributed by atoms with E-state index < -0.39 is 0 Å². The van der Waals surface area contributed by atoms with E-state index in [0.29, 0.717) is 26.8 Å². The summed E-state index contributed by atoms with van der Waals surface area (Å²) in [7, 11) is 0. The third-order valence-corrected chi connectivity index (χ3v) is 3.62. The first-order valence-corrected chi connectivity index (χ1v) is 6.21. The SMILES string of the molecule is Nc1nc2ccc(F)cc2n1-c1cccc(Cl)c1Cl. The van der Waals surface area contributed by atoms with Gasteiger partial charge in [0.2, 0.25) is 5.95 Å². The van der Waals surface area contributed by atoms with E-state index in [1.165, 1.54) is 12.1 Å². The van der Waals surface area contributed by atoms with E-state index >= 15 is 0 Å². The molecule has 3 aromatic rings. The van der Waals surface area contributed by atoms with Crippen molar-refractivity contribution < 1.29 is 4.39 Å². The lowest BCUT2D eigenvalue weighted by Crippen LogP contribution is -2.01. The molecule has 0 bridgehead atoms. The summed E-state index contributed by atoms with van der Waals surface area (Å²) < 4.78 is 15.0. The van der Waals surface area contributed by atoms with E-state index in [1.807, 2.05) is 0 Å². The lowest BCUT2D eigenvalue weighted by atomic mass is 10.2. The van der Waals surface area contributed by atoms with E-state index in [1.54, 1.807) is 28.8 Å². The molecule has 0 atom stereocenters. The number of imidazole rings is 1. The van der Waals surface area contributed by atoms with Crippen LogP contribution in [0.25, 0.3) is 16.7 Å². The molecule has 0 amide bonds. The maximum atomic E-state index is 13.4. The van der Waals surface area contributed by atoms with Crippen molar-refractivity contribution in [3.8, 4) is 5.69 Å². The Morgan fingerprint density at radius 3 is 2.74 bits per heavy atom. The average molecular weight is 296 g/mol. The van der Waals surface area contributed by atoms with Gasteiger partial charge in [0.25, 0.3) is 0 Å². The Kier molecular flexibility index (Phi) is 2.84. The monoisotopic (exact) mass is 295 g/mol. The maximum Gasteiger partial charge on any atom is 0.205 e. The average Bonchev–Trinajstić information content (AvgIpc) is 2.69. The molecule has 1 heterocycles. The minimum absolute atomic E-state index is 0.227. The van der Waals surface area contributed by atoms with Crippen molar-refractivity contribution in [2.75, 3.05) is 5.73 Å². The summed E-state index contributed by atoms with van der Waals surface area (Å²) in [5.41, 5.74) is 7.59. The third kappa shape index (κ3) is 1.93. The van der Waals surface area contributed by atoms with Crippen LogP contribution < -0.4 is 5.73 Å². The number of nitrogen functional groups attached to an aromatic ring is 1. The van der Waals surface area contributed by atoms with Crippen LogP contribution in [0.5, 0.6) is 0 Å². The van der Waals surface area contributed by atoms with Gasteiger partial charge in [-0.15, -0.1) is 0 Å². The van der Waals surface area contributed by atoms with Gasteiger partial charge < -0.3 is 5.73 Å². The quantitative estimate of drug-likeness (QED) is 0.736. The topological polar surface area (TPSA) is 43.8 Å². The molecule has 0 aliphatic carbocycles. The van der Waals surface area contributed by atoms with Crippen LogP contribution in [0.3, 0.4) is 0 Å². The van der Waals surface area contributed by atoms with E-state index in [0.717, 1.165) is 0 Å². The summed E-state index contributed by atoms with van der Waals surface area (Å²) in [6.07, 6.45) is 0. The fourth-order valence-electron chi connectivity index (χ4n) is 1.99. The number of fused-ring (bicyclic) bond motifs is 1. The van der Waals surface area contributed by atoms with Crippen molar-refractivity contribution in [2.45, 2.75) is 0 Å². The molecule has 0 saturated carbocycles. The second-order valence-electron chi connectivity index (χ2n) is 4.01. The first kappa shape index (κ1) is 12.3. The van der Waals surface area contributed by atoms with Crippen LogP contribution in [0.1, 0.15) is 0 Å². The van der Waals surface area contributed by atoms with E-state index in [9.17, 15) is 4.39 Å². The largest absolute Gasteiger partial charge is 0.369 e. The summed E-state index contributed by atoms with van der Waals surface area (Å²) in [6.45, 7) is 0. The number of aromatic nitrogens is 2. The van der Waals surface area contributed by atoms with E-state index in [-0.39, 0.29) is 11.8 Å². The molecule has 0 spiro atoms. The molecular weight excluding hydrogens is 288 g/mol. The van der Waals surface area contributed by atoms with Gasteiger partial charge in [0.15, 0.2) is 0 Å². The molecule has 2 aromatic carbocycles. The second kappa shape index (κ2) is 4.40. The number of nitrogens with zero attached hydrogens (tertiary/aromatic N) is 2. The zero-order chi connectivity index (χ0) is 13.6. The maximum absolute atomic E-state index is 13.4. The van der Waals surface area contributed by atoms with Crippen molar-refractivity contribution in [3.05, 3.63) is 52.3 Å². The Morgan fingerprint density at radius 2 is 1.95 bits per heavy atom. The first-order chi connectivity index (χ1) is 9.08. The normalized spacial score (nSPS) is 11.1. The molecule has 0 fully saturated rings. The highest BCUT2D eigenvalue weighted by Gasteiger charge is 2.14. The number of rotatable bonds is 1. The van der Waals surface area contributed by atoms with Gasteiger partial charge in [0.05, 0.1) is 26.8 Å². The summed E-state index contributed by atoms with van der Waals surface area (Å²) in [4.78, 5) is 4.17. The molecule has 0 unspecified atom stereocenters. The second-order valence-corrected chi connectivity index (χ2v) is 4.80. The fourth-order valence-corrected chi connectivity index (χ4v) is 2.37. The zero-order valence-corrected chi connectivity index (χ0v) is 11.1. The smallest absolute Gasteiger partial charge is 0.205 e. The Bertz CT molecular complexity index is 783. The molecule has 96 valence electrons. The highest BCUT2D eigenvalue weighted by molar-refractivity contribution is 6.43. The predicted octanol–water partition coefficient (Wildman–Crippen LogP) is 4.05. The molecule has 0 aliphatic rings. The number of hydrogen-bond acceptors (Lipinski definition) is 2. The van der Waals surface area contributed by atoms with Gasteiger partial charge >= 0.3 is 0 Å². The highest BCUT2D eigenvalue weighted by atomic mass is 35.5. The molecule has 0 radical (unpaired) electrons. The predicted molar refractivity (Wildman–Crippen MR) is 75.5 cm³/mol. The van der Waals surface area contributed by atoms with Crippen LogP contribution in [0, 0.1) is 5.82 Å². The number of nitrogens with two attached hydrogens (primary N) is 1. The lowest BCUT2D eigenvalue weighted by Gasteiger charge is -2.09. The molecule has 2 N–H and O–H groups in total. The Hall–Kier alpha value is -1.78. The van der Waals surface area contributed by atoms with Gasteiger partial charge in [-0.1, -0.05) is 29.3 Å². The highest BCUT2D eigenvalue weighted by Crippen LogP contribution is 2.32. The van der Waals surface area contributed by atoms with E-state index in [4.69, 9.17) is 28.9 Å². The molecular formula is C13H8Cl2FN3. The lowest BCUT2D eigenvalue weighted by molar-refractivity contribution is 0.629. The van der Waals surface area contributed by atoms with Crippen LogP contribution in [0.4, 0.5) is 10.3 Å². The van der Waals surface area contributed by atoms with Gasteiger partial charge in [0, 0.05) is 6.07 Å². The van der Waals surface area contributed by atoms with Crippen LogP contribution in [0.2, 0.25) is 10.0 Å². The van der Waals surface area contributed by atoms with Gasteiger partial charge in [-0.2, -0.15) is 0 Å². The Balaban J connectivity index is 2.39. The third-order valence-electron chi connectivity index (χ3n) is 2.81. The molecule has 6 heteroatoms. The molecule has 1 aromatic heterocycles. The minimum Gasteiger partial charge on any atom is -0.369 e. The van der Waals surface area contributed by atoms with Gasteiger partial charge in [-0.25, -0.2) is 9.37 Å². The van der Waals surface area contributed by atoms with Crippen molar-refractivity contribution in [1.82, 2.24) is 9.55 Å². The number of benzene rings is 2. The van der Waals surface area contributed by atoms with Crippen LogP contribution in [-0.4, -0.2) is 9.55 Å². The minimum atomic E-state index is -0.369. The number of halogens is 3. The Morgan fingerprint density at radius 1 is 1.16 bits per heavy atom. The zero-order valence-electron chi connectivity index (χ0n) is 9.57. The summed E-state index contributed by atoms with van der Waals surface area (Å²) in [6, 6.07) is 9.42. The van der Waals surface area contributed by atoms with Crippen LogP contribution in [-0.2, 0) is 0 Å². The number of anilines is 1. The van der Waals surface area contributed by atoms with Crippen molar-refractivity contribution >= 4 is 40.2 Å². The van der Waals surface area contributed by atoms with Crippen molar-refractivity contribution in [1.29, 1.82) is 0 Å². The first-order valence-electron chi connectivity index (χ1n) is 5.46. The van der Waals surface area contributed by atoms with Gasteiger partial charge in [0.1, 0.15) is 5.82 Å². The van der Waals surface area contributed by atoms with Crippen molar-refractivity contribution in [3.63, 3.8) is 0 Å². The summed E-state index contributed by atoms with van der Waals surface area (Å²) >= 11 is 12.2. The van der Waals surface area contributed by atoms with Gasteiger partial charge in [-0.05, 0) is 24.3 Å². The summed E-state index contributed by atoms with van der Waals surface area (Å²) in [5.74, 6) is -0.142. The fraction of sp³-hybridized carbons (Fsp3) is 0. The summed E-state index contributed by atoms with van der Waals surface area (Å²) in [5, 5.41) is 0.747. The standard InChI is InChI=1S/C13H8Cl2FN3/c14-8-2-1-3-10(12(8)15)19-11-6-7(16)4-5-9(11)18-13(19)17/h1-6H,(H2,17,18). The van der Waals surface area contributed by atoms with Crippen LogP contribution in [0.15, 0.2) is 36.4 Å². The van der Waals surface area contributed by atoms with Gasteiger partial charge in [-0.3, -0.25) is 4.57 Å². The molecule has 19 heavy (non-hydrogen) atoms. The molecule has 3 rings (SSSR count). The molecule has 3 nitrogen and oxygen atoms in total. The van der Waals surface area contributed by atoms with Crippen LogP contribution >= 0.6 is 23.2 Å².